The monoisotopic (exact) mass is 445 g/mol. The van der Waals surface area contributed by atoms with E-state index in [9.17, 15) is 18.4 Å². The summed E-state index contributed by atoms with van der Waals surface area (Å²) in [5.74, 6) is -2.89. The predicted octanol–water partition coefficient (Wildman–Crippen LogP) is 4.08. The van der Waals surface area contributed by atoms with E-state index < -0.39 is 30.1 Å². The van der Waals surface area contributed by atoms with E-state index in [2.05, 4.69) is 20.7 Å². The summed E-state index contributed by atoms with van der Waals surface area (Å²) in [6.45, 7) is 0.761. The second kappa shape index (κ2) is 9.00. The average molecular weight is 446 g/mol. The lowest BCUT2D eigenvalue weighted by Crippen LogP contribution is -2.19. The molecule has 0 unspecified atom stereocenters. The Hall–Kier alpha value is -2.13. The molecule has 26 heavy (non-hydrogen) atoms. The first-order valence-corrected chi connectivity index (χ1v) is 9.06. The Bertz CT molecular complexity index is 848. The van der Waals surface area contributed by atoms with Crippen LogP contribution in [-0.2, 0) is 10.5 Å². The molecule has 5 nitrogen and oxygen atoms in total. The zero-order valence-corrected chi connectivity index (χ0v) is 15.9. The number of aliphatic carboxylic acids is 1. The van der Waals surface area contributed by atoms with Crippen molar-refractivity contribution in [2.45, 2.75) is 12.7 Å². The van der Waals surface area contributed by atoms with Crippen LogP contribution in [0.15, 0.2) is 34.8 Å². The number of rotatable bonds is 7. The minimum Gasteiger partial charge on any atom is -0.481 e. The van der Waals surface area contributed by atoms with Crippen molar-refractivity contribution in [1.29, 1.82) is 0 Å². The van der Waals surface area contributed by atoms with Crippen molar-refractivity contribution in [2.75, 3.05) is 6.61 Å². The number of benzene rings is 2. The van der Waals surface area contributed by atoms with E-state index in [1.807, 2.05) is 0 Å². The van der Waals surface area contributed by atoms with Gasteiger partial charge in [-0.3, -0.25) is 9.52 Å². The average Bonchev–Trinajstić information content (AvgIpc) is 2.57. The highest BCUT2D eigenvalue weighted by Crippen LogP contribution is 2.24. The highest BCUT2D eigenvalue weighted by Gasteiger charge is 2.17. The van der Waals surface area contributed by atoms with Gasteiger partial charge in [0.2, 0.25) is 0 Å². The summed E-state index contributed by atoms with van der Waals surface area (Å²) in [5.41, 5.74) is 0.604. The number of carboxylic acids is 1. The van der Waals surface area contributed by atoms with Crippen LogP contribution in [-0.4, -0.2) is 23.6 Å². The topological polar surface area (TPSA) is 75.6 Å². The Labute approximate surface area is 161 Å². The van der Waals surface area contributed by atoms with Crippen molar-refractivity contribution >= 4 is 39.8 Å². The van der Waals surface area contributed by atoms with Crippen molar-refractivity contribution in [1.82, 2.24) is 4.72 Å². The van der Waals surface area contributed by atoms with Crippen molar-refractivity contribution in [3.05, 3.63) is 63.1 Å². The maximum absolute atomic E-state index is 13.8. The number of hydrogen-bond donors (Lipinski definition) is 2. The lowest BCUT2D eigenvalue weighted by molar-refractivity contribution is -0.139. The van der Waals surface area contributed by atoms with Crippen LogP contribution in [0.4, 0.5) is 8.78 Å². The summed E-state index contributed by atoms with van der Waals surface area (Å²) in [6.07, 6.45) is 0. The molecule has 0 aromatic heterocycles. The second-order valence-corrected chi connectivity index (χ2v) is 6.93. The maximum atomic E-state index is 13.8. The fraction of sp³-hybridized carbons (Fsp3) is 0.176. The molecule has 2 aromatic rings. The number of halogens is 3. The molecule has 0 radical (unpaired) electrons. The first-order chi connectivity index (χ1) is 12.3. The first kappa shape index (κ1) is 20.2. The van der Waals surface area contributed by atoms with Gasteiger partial charge in [-0.2, -0.15) is 0 Å². The van der Waals surface area contributed by atoms with E-state index in [1.165, 1.54) is 19.1 Å². The van der Waals surface area contributed by atoms with Gasteiger partial charge < -0.3 is 9.84 Å². The molecule has 0 aliphatic heterocycles. The van der Waals surface area contributed by atoms with Crippen LogP contribution < -0.4 is 9.46 Å². The molecule has 2 N–H and O–H groups in total. The summed E-state index contributed by atoms with van der Waals surface area (Å²) in [6, 6.07) is 6.82. The highest BCUT2D eigenvalue weighted by molar-refractivity contribution is 9.10. The molecule has 0 aliphatic rings. The predicted molar refractivity (Wildman–Crippen MR) is 97.1 cm³/mol. The van der Waals surface area contributed by atoms with Crippen molar-refractivity contribution in [3.8, 4) is 5.75 Å². The normalized spacial score (nSPS) is 10.5. The van der Waals surface area contributed by atoms with Gasteiger partial charge in [0.1, 0.15) is 17.4 Å². The number of nitrogens with one attached hydrogen (secondary N) is 1. The summed E-state index contributed by atoms with van der Waals surface area (Å²) in [4.78, 5) is 22.9. The number of ether oxygens (including phenoxy) is 1. The molecule has 0 heterocycles. The van der Waals surface area contributed by atoms with Gasteiger partial charge in [0.25, 0.3) is 5.91 Å². The van der Waals surface area contributed by atoms with Gasteiger partial charge in [-0.15, -0.1) is 0 Å². The van der Waals surface area contributed by atoms with Crippen LogP contribution in [0.3, 0.4) is 0 Å². The fourth-order valence-corrected chi connectivity index (χ4v) is 3.01. The van der Waals surface area contributed by atoms with E-state index in [0.717, 1.165) is 18.0 Å². The molecule has 0 bridgehead atoms. The molecular weight excluding hydrogens is 432 g/mol. The van der Waals surface area contributed by atoms with Gasteiger partial charge in [-0.25, -0.2) is 13.6 Å². The van der Waals surface area contributed by atoms with Gasteiger partial charge >= 0.3 is 5.97 Å². The van der Waals surface area contributed by atoms with Gasteiger partial charge in [0.05, 0.1) is 5.56 Å². The fourth-order valence-electron chi connectivity index (χ4n) is 1.97. The third-order valence-corrected chi connectivity index (χ3v) is 4.54. The molecular formula is C17H14BrF2NO4S. The van der Waals surface area contributed by atoms with Crippen molar-refractivity contribution < 1.29 is 28.2 Å². The molecule has 0 spiro atoms. The molecule has 0 aliphatic carbocycles. The molecule has 1 amide bonds. The number of carboxylic acid groups (broad SMARTS) is 1. The largest absolute Gasteiger partial charge is 0.481 e. The molecule has 0 saturated carbocycles. The number of hydrogen-bond acceptors (Lipinski definition) is 4. The lowest BCUT2D eigenvalue weighted by atomic mass is 10.1. The van der Waals surface area contributed by atoms with E-state index in [4.69, 9.17) is 9.84 Å². The van der Waals surface area contributed by atoms with Crippen LogP contribution >= 0.6 is 27.9 Å². The van der Waals surface area contributed by atoms with Crippen molar-refractivity contribution in [2.24, 2.45) is 0 Å². The summed E-state index contributed by atoms with van der Waals surface area (Å²) in [7, 11) is 0. The number of carbonyl (C=O) groups excluding carboxylic acids is 1. The minimum atomic E-state index is -1.25. The SMILES string of the molecule is Cc1cc(C(=O)NSCc2ccc(Br)cc2F)c(OCC(=O)O)cc1F. The van der Waals surface area contributed by atoms with Crippen LogP contribution in [0.5, 0.6) is 5.75 Å². The van der Waals surface area contributed by atoms with Crippen molar-refractivity contribution in [3.63, 3.8) is 0 Å². The molecule has 9 heteroatoms. The van der Waals surface area contributed by atoms with Gasteiger partial charge in [0, 0.05) is 16.3 Å². The van der Waals surface area contributed by atoms with E-state index in [-0.39, 0.29) is 22.6 Å². The Morgan fingerprint density at radius 3 is 2.62 bits per heavy atom. The Kier molecular flexibility index (Phi) is 6.98. The minimum absolute atomic E-state index is 0.00562. The highest BCUT2D eigenvalue weighted by atomic mass is 79.9. The van der Waals surface area contributed by atoms with E-state index in [1.54, 1.807) is 12.1 Å². The van der Waals surface area contributed by atoms with E-state index in [0.29, 0.717) is 10.0 Å². The molecule has 0 fully saturated rings. The second-order valence-electron chi connectivity index (χ2n) is 5.24. The molecule has 2 aromatic carbocycles. The zero-order chi connectivity index (χ0) is 19.3. The number of amides is 1. The third kappa shape index (κ3) is 5.43. The first-order valence-electron chi connectivity index (χ1n) is 7.28. The van der Waals surface area contributed by atoms with Gasteiger partial charge in [-0.1, -0.05) is 22.0 Å². The number of carbonyl (C=O) groups is 2. The van der Waals surface area contributed by atoms with Crippen LogP contribution in [0.2, 0.25) is 0 Å². The van der Waals surface area contributed by atoms with Crippen LogP contribution in [0.25, 0.3) is 0 Å². The van der Waals surface area contributed by atoms with E-state index >= 15 is 0 Å². The van der Waals surface area contributed by atoms with Gasteiger partial charge in [-0.05, 0) is 48.2 Å². The quantitative estimate of drug-likeness (QED) is 0.628. The molecule has 138 valence electrons. The Morgan fingerprint density at radius 2 is 1.96 bits per heavy atom. The Balaban J connectivity index is 2.08. The molecule has 0 saturated heterocycles. The van der Waals surface area contributed by atoms with Crippen LogP contribution in [0, 0.1) is 18.6 Å². The Morgan fingerprint density at radius 1 is 1.23 bits per heavy atom. The lowest BCUT2D eigenvalue weighted by Gasteiger charge is -2.12. The van der Waals surface area contributed by atoms with Gasteiger partial charge in [0.15, 0.2) is 6.61 Å². The zero-order valence-electron chi connectivity index (χ0n) is 13.5. The maximum Gasteiger partial charge on any atom is 0.341 e. The number of aryl methyl sites for hydroxylation is 1. The molecule has 0 atom stereocenters. The summed E-state index contributed by atoms with van der Waals surface area (Å²) >= 11 is 4.11. The standard InChI is InChI=1S/C17H14BrF2NO4S/c1-9-4-12(15(6-13(9)19)25-7-16(22)23)17(24)21-26-8-10-2-3-11(18)5-14(10)20/h2-6H,7-8H2,1H3,(H,21,24)(H,22,23). The molecule has 2 rings (SSSR count). The smallest absolute Gasteiger partial charge is 0.341 e. The summed E-state index contributed by atoms with van der Waals surface area (Å²) in [5, 5.41) is 8.68. The summed E-state index contributed by atoms with van der Waals surface area (Å²) < 4.78 is 35.5. The third-order valence-electron chi connectivity index (χ3n) is 3.26. The van der Waals surface area contributed by atoms with Crippen LogP contribution in [0.1, 0.15) is 21.5 Å².